The highest BCUT2D eigenvalue weighted by molar-refractivity contribution is 5.75. The number of hydrogen-bond donors (Lipinski definition) is 0. The first kappa shape index (κ1) is 27.3. The predicted molar refractivity (Wildman–Crippen MR) is 140 cm³/mol. The smallest absolute Gasteiger partial charge is 0.314 e. The molecular weight excluding hydrogens is 439 g/mol. The minimum absolute atomic E-state index is 0.00581. The number of carbonyl (C=O) groups is 1. The molecule has 0 unspecified atom stereocenters. The molecule has 0 spiro atoms. The number of carbonyl (C=O) groups excluding carboxylic acids is 1. The highest BCUT2D eigenvalue weighted by atomic mass is 19.1. The van der Waals surface area contributed by atoms with Crippen molar-refractivity contribution in [2.75, 3.05) is 0 Å². The van der Waals surface area contributed by atoms with Gasteiger partial charge in [0.05, 0.1) is 5.92 Å². The van der Waals surface area contributed by atoms with Gasteiger partial charge in [0.15, 0.2) is 5.82 Å². The topological polar surface area (TPSA) is 52.1 Å². The van der Waals surface area contributed by atoms with Crippen LogP contribution in [0.15, 0.2) is 30.5 Å². The number of aromatic nitrogens is 2. The number of aryl methyl sites for hydroxylation is 1. The lowest BCUT2D eigenvalue weighted by Crippen LogP contribution is -2.25. The summed E-state index contributed by atoms with van der Waals surface area (Å²) in [5, 5.41) is 0. The molecule has 4 nitrogen and oxygen atoms in total. The fourth-order valence-electron chi connectivity index (χ4n) is 5.03. The van der Waals surface area contributed by atoms with E-state index in [4.69, 9.17) is 4.74 Å². The Labute approximate surface area is 211 Å². The van der Waals surface area contributed by atoms with Crippen LogP contribution in [0.2, 0.25) is 0 Å². The zero-order chi connectivity index (χ0) is 24.9. The number of halogens is 1. The Morgan fingerprint density at radius 2 is 1.57 bits per heavy atom. The van der Waals surface area contributed by atoms with Crippen LogP contribution in [0.1, 0.15) is 109 Å². The maximum atomic E-state index is 14.5. The molecule has 0 amide bonds. The Morgan fingerprint density at radius 3 is 2.26 bits per heavy atom. The summed E-state index contributed by atoms with van der Waals surface area (Å²) < 4.78 is 20.2. The molecule has 0 bridgehead atoms. The van der Waals surface area contributed by atoms with Crippen LogP contribution < -0.4 is 4.74 Å². The van der Waals surface area contributed by atoms with E-state index >= 15 is 0 Å². The van der Waals surface area contributed by atoms with Crippen LogP contribution in [0.5, 0.6) is 5.75 Å². The Morgan fingerprint density at radius 1 is 0.914 bits per heavy atom. The van der Waals surface area contributed by atoms with Gasteiger partial charge in [-0.15, -0.1) is 0 Å². The van der Waals surface area contributed by atoms with Gasteiger partial charge in [0, 0.05) is 17.3 Å². The Balaban J connectivity index is 1.45. The van der Waals surface area contributed by atoms with Crippen LogP contribution in [0.25, 0.3) is 11.4 Å². The molecule has 0 N–H and O–H groups in total. The van der Waals surface area contributed by atoms with Gasteiger partial charge in [-0.1, -0.05) is 71.6 Å². The molecule has 0 saturated heterocycles. The van der Waals surface area contributed by atoms with E-state index < -0.39 is 5.95 Å². The van der Waals surface area contributed by atoms with E-state index in [1.807, 2.05) is 0 Å². The Hall–Kier alpha value is -2.30. The minimum atomic E-state index is -0.440. The first-order valence-electron chi connectivity index (χ1n) is 13.9. The number of unbranched alkanes of at least 4 members (excludes halogenated alkanes) is 7. The molecule has 0 aliphatic heterocycles. The van der Waals surface area contributed by atoms with Gasteiger partial charge >= 0.3 is 5.97 Å². The van der Waals surface area contributed by atoms with E-state index in [1.54, 1.807) is 30.5 Å². The number of rotatable bonds is 14. The van der Waals surface area contributed by atoms with Crippen LogP contribution in [0.4, 0.5) is 4.39 Å². The number of nitrogens with zero attached hydrogens (tertiary/aromatic N) is 2. The van der Waals surface area contributed by atoms with Crippen LogP contribution in [-0.4, -0.2) is 15.9 Å². The van der Waals surface area contributed by atoms with Gasteiger partial charge in [0.25, 0.3) is 0 Å². The van der Waals surface area contributed by atoms with Gasteiger partial charge in [0.1, 0.15) is 5.75 Å². The third-order valence-electron chi connectivity index (χ3n) is 7.34. The lowest BCUT2D eigenvalue weighted by atomic mass is 9.80. The maximum absolute atomic E-state index is 14.5. The Kier molecular flexibility index (Phi) is 11.7. The van der Waals surface area contributed by atoms with Crippen molar-refractivity contribution in [3.63, 3.8) is 0 Å². The average molecular weight is 483 g/mol. The molecule has 1 fully saturated rings. The van der Waals surface area contributed by atoms with Gasteiger partial charge in [-0.3, -0.25) is 4.79 Å². The van der Waals surface area contributed by atoms with Crippen molar-refractivity contribution in [1.82, 2.24) is 9.97 Å². The summed E-state index contributed by atoms with van der Waals surface area (Å²) in [6.45, 7) is 4.44. The monoisotopic (exact) mass is 482 g/mol. The van der Waals surface area contributed by atoms with E-state index in [2.05, 4.69) is 23.8 Å². The second-order valence-corrected chi connectivity index (χ2v) is 10.2. The van der Waals surface area contributed by atoms with Gasteiger partial charge in [0.2, 0.25) is 5.95 Å². The van der Waals surface area contributed by atoms with Crippen molar-refractivity contribution in [2.24, 2.45) is 11.8 Å². The SMILES string of the molecule is CCCCCCCCc1cnc(-c2ccc(OC(=O)C3CCC(CCCCC)CC3)cc2)nc1F. The van der Waals surface area contributed by atoms with Gasteiger partial charge in [-0.2, -0.15) is 9.37 Å². The predicted octanol–water partition coefficient (Wildman–Crippen LogP) is 8.48. The zero-order valence-electron chi connectivity index (χ0n) is 21.7. The first-order valence-corrected chi connectivity index (χ1v) is 13.9. The molecule has 1 heterocycles. The van der Waals surface area contributed by atoms with Crippen molar-refractivity contribution in [3.05, 3.63) is 42.0 Å². The molecule has 1 aliphatic rings. The quantitative estimate of drug-likeness (QED) is 0.117. The Bertz CT molecular complexity index is 892. The van der Waals surface area contributed by atoms with Crippen molar-refractivity contribution < 1.29 is 13.9 Å². The zero-order valence-corrected chi connectivity index (χ0v) is 21.7. The number of ether oxygens (including phenoxy) is 1. The van der Waals surface area contributed by atoms with E-state index in [1.165, 1.54) is 51.4 Å². The summed E-state index contributed by atoms with van der Waals surface area (Å²) in [5.74, 6) is 1.06. The van der Waals surface area contributed by atoms with Crippen LogP contribution >= 0.6 is 0 Å². The lowest BCUT2D eigenvalue weighted by molar-refractivity contribution is -0.140. The van der Waals surface area contributed by atoms with E-state index in [0.29, 0.717) is 29.1 Å². The van der Waals surface area contributed by atoms with Crippen LogP contribution in [-0.2, 0) is 11.2 Å². The molecule has 35 heavy (non-hydrogen) atoms. The van der Waals surface area contributed by atoms with Crippen LogP contribution in [0.3, 0.4) is 0 Å². The number of hydrogen-bond acceptors (Lipinski definition) is 4. The van der Waals surface area contributed by atoms with Crippen molar-refractivity contribution in [3.8, 4) is 17.1 Å². The van der Waals surface area contributed by atoms with Crippen molar-refractivity contribution in [1.29, 1.82) is 0 Å². The maximum Gasteiger partial charge on any atom is 0.314 e. The molecule has 3 rings (SSSR count). The summed E-state index contributed by atoms with van der Waals surface area (Å²) in [7, 11) is 0. The van der Waals surface area contributed by atoms with Crippen LogP contribution in [0, 0.1) is 17.8 Å². The third-order valence-corrected chi connectivity index (χ3v) is 7.34. The first-order chi connectivity index (χ1) is 17.1. The average Bonchev–Trinajstić information content (AvgIpc) is 2.88. The largest absolute Gasteiger partial charge is 0.426 e. The molecule has 0 atom stereocenters. The summed E-state index contributed by atoms with van der Waals surface area (Å²) in [6, 6.07) is 7.06. The number of esters is 1. The number of benzene rings is 1. The molecule has 1 aliphatic carbocycles. The summed E-state index contributed by atoms with van der Waals surface area (Å²) in [6.07, 6.45) is 18.6. The summed E-state index contributed by atoms with van der Waals surface area (Å²) in [4.78, 5) is 21.1. The molecule has 0 radical (unpaired) electrons. The van der Waals surface area contributed by atoms with Crippen molar-refractivity contribution in [2.45, 2.75) is 110 Å². The highest BCUT2D eigenvalue weighted by Gasteiger charge is 2.27. The lowest BCUT2D eigenvalue weighted by Gasteiger charge is -2.27. The standard InChI is InChI=1S/C30H43FN2O2/c1-3-5-7-8-9-11-13-26-22-32-29(33-28(26)31)24-18-20-27(21-19-24)35-30(34)25-16-14-23(15-17-25)12-10-6-4-2/h18-23,25H,3-17H2,1-2H3. The molecule has 1 aromatic carbocycles. The molecule has 1 aromatic heterocycles. The third kappa shape index (κ3) is 9.01. The highest BCUT2D eigenvalue weighted by Crippen LogP contribution is 2.33. The van der Waals surface area contributed by atoms with Crippen molar-refractivity contribution >= 4 is 5.97 Å². The fraction of sp³-hybridized carbons (Fsp3) is 0.633. The van der Waals surface area contributed by atoms with Gasteiger partial charge < -0.3 is 4.74 Å². The van der Waals surface area contributed by atoms with E-state index in [0.717, 1.165) is 44.4 Å². The molecule has 2 aromatic rings. The summed E-state index contributed by atoms with van der Waals surface area (Å²) in [5.41, 5.74) is 1.29. The fourth-order valence-corrected chi connectivity index (χ4v) is 5.03. The molecule has 1 saturated carbocycles. The van der Waals surface area contributed by atoms with Gasteiger partial charge in [-0.05, 0) is 68.7 Å². The second kappa shape index (κ2) is 15.0. The molecular formula is C30H43FN2O2. The minimum Gasteiger partial charge on any atom is -0.426 e. The molecule has 192 valence electrons. The summed E-state index contributed by atoms with van der Waals surface area (Å²) >= 11 is 0. The van der Waals surface area contributed by atoms with E-state index in [-0.39, 0.29) is 11.9 Å². The van der Waals surface area contributed by atoms with Gasteiger partial charge in [-0.25, -0.2) is 4.98 Å². The van der Waals surface area contributed by atoms with E-state index in [9.17, 15) is 9.18 Å². The molecule has 5 heteroatoms. The normalized spacial score (nSPS) is 17.9. The second-order valence-electron chi connectivity index (χ2n) is 10.2.